The van der Waals surface area contributed by atoms with Gasteiger partial charge in [-0.2, -0.15) is 0 Å². The lowest BCUT2D eigenvalue weighted by molar-refractivity contribution is -0.157. The molecule has 2 saturated carbocycles. The predicted molar refractivity (Wildman–Crippen MR) is 87.3 cm³/mol. The highest BCUT2D eigenvalue weighted by atomic mass is 16.4. The van der Waals surface area contributed by atoms with Gasteiger partial charge >= 0.3 is 5.97 Å². The van der Waals surface area contributed by atoms with Crippen LogP contribution >= 0.6 is 0 Å². The molecule has 2 rings (SSSR count). The average molecular weight is 294 g/mol. The van der Waals surface area contributed by atoms with Crippen LogP contribution in [0.15, 0.2) is 0 Å². The zero-order chi connectivity index (χ0) is 15.3. The molecule has 0 aromatic rings. The smallest absolute Gasteiger partial charge is 0.309 e. The quantitative estimate of drug-likeness (QED) is 0.687. The molecule has 0 atom stereocenters. The van der Waals surface area contributed by atoms with Crippen LogP contribution in [-0.4, -0.2) is 11.1 Å². The molecule has 2 nitrogen and oxygen atoms in total. The van der Waals surface area contributed by atoms with E-state index >= 15 is 0 Å². The fourth-order valence-corrected chi connectivity index (χ4v) is 4.89. The number of aliphatic carboxylic acids is 1. The van der Waals surface area contributed by atoms with Crippen molar-refractivity contribution in [2.45, 2.75) is 90.9 Å². The number of carbonyl (C=O) groups is 1. The van der Waals surface area contributed by atoms with E-state index in [1.54, 1.807) is 0 Å². The summed E-state index contributed by atoms with van der Waals surface area (Å²) in [5.41, 5.74) is -0.374. The fraction of sp³-hybridized carbons (Fsp3) is 0.947. The molecule has 0 aromatic carbocycles. The minimum Gasteiger partial charge on any atom is -0.481 e. The van der Waals surface area contributed by atoms with Crippen LogP contribution in [0.4, 0.5) is 0 Å². The summed E-state index contributed by atoms with van der Waals surface area (Å²) >= 11 is 0. The lowest BCUT2D eigenvalue weighted by Crippen LogP contribution is -2.43. The second-order valence-corrected chi connectivity index (χ2v) is 7.67. The van der Waals surface area contributed by atoms with Gasteiger partial charge in [-0.15, -0.1) is 0 Å². The largest absolute Gasteiger partial charge is 0.481 e. The molecule has 0 radical (unpaired) electrons. The van der Waals surface area contributed by atoms with Gasteiger partial charge in [0.05, 0.1) is 5.41 Å². The molecule has 0 saturated heterocycles. The fourth-order valence-electron chi connectivity index (χ4n) is 4.89. The molecule has 0 spiro atoms. The van der Waals surface area contributed by atoms with E-state index in [4.69, 9.17) is 0 Å². The minimum atomic E-state index is -0.489. The summed E-state index contributed by atoms with van der Waals surface area (Å²) < 4.78 is 0. The van der Waals surface area contributed by atoms with E-state index in [9.17, 15) is 9.90 Å². The van der Waals surface area contributed by atoms with E-state index in [2.05, 4.69) is 13.8 Å². The van der Waals surface area contributed by atoms with E-state index in [-0.39, 0.29) is 5.41 Å². The Balaban J connectivity index is 1.95. The van der Waals surface area contributed by atoms with Crippen molar-refractivity contribution < 1.29 is 9.90 Å². The summed E-state index contributed by atoms with van der Waals surface area (Å²) in [6.07, 6.45) is 14.2. The Hall–Kier alpha value is -0.530. The standard InChI is InChI=1S/C19H34O2/c1-3-5-6-16-11-13-19(14-12-16,18(20)21)17-9-7-15(4-2)8-10-17/h15-17H,3-14H2,1-2H3,(H,20,21). The second-order valence-electron chi connectivity index (χ2n) is 7.67. The van der Waals surface area contributed by atoms with Gasteiger partial charge in [-0.1, -0.05) is 52.4 Å². The maximum Gasteiger partial charge on any atom is 0.309 e. The maximum atomic E-state index is 12.0. The highest BCUT2D eigenvalue weighted by Crippen LogP contribution is 2.51. The molecule has 0 heterocycles. The molecule has 2 aliphatic carbocycles. The van der Waals surface area contributed by atoms with Gasteiger partial charge in [0.2, 0.25) is 0 Å². The zero-order valence-corrected chi connectivity index (χ0v) is 14.1. The molecule has 2 heteroatoms. The van der Waals surface area contributed by atoms with Gasteiger partial charge in [-0.25, -0.2) is 0 Å². The first kappa shape index (κ1) is 16.8. The third-order valence-corrected chi connectivity index (χ3v) is 6.59. The van der Waals surface area contributed by atoms with E-state index in [0.717, 1.165) is 50.4 Å². The Labute approximate surface area is 130 Å². The van der Waals surface area contributed by atoms with Gasteiger partial charge in [0.25, 0.3) is 0 Å². The highest BCUT2D eigenvalue weighted by Gasteiger charge is 2.48. The van der Waals surface area contributed by atoms with Crippen molar-refractivity contribution in [1.82, 2.24) is 0 Å². The number of rotatable bonds is 6. The van der Waals surface area contributed by atoms with Gasteiger partial charge in [-0.3, -0.25) is 4.79 Å². The van der Waals surface area contributed by atoms with Gasteiger partial charge in [0, 0.05) is 0 Å². The van der Waals surface area contributed by atoms with Crippen molar-refractivity contribution in [2.75, 3.05) is 0 Å². The normalized spacial score (nSPS) is 37.3. The summed E-state index contributed by atoms with van der Waals surface area (Å²) in [5, 5.41) is 9.93. The Morgan fingerprint density at radius 1 is 1.00 bits per heavy atom. The Bertz CT molecular complexity index is 320. The van der Waals surface area contributed by atoms with Crippen molar-refractivity contribution in [3.8, 4) is 0 Å². The van der Waals surface area contributed by atoms with Gasteiger partial charge < -0.3 is 5.11 Å². The van der Waals surface area contributed by atoms with Crippen LogP contribution in [0.25, 0.3) is 0 Å². The molecule has 1 N–H and O–H groups in total. The molecular formula is C19H34O2. The summed E-state index contributed by atoms with van der Waals surface area (Å²) in [5.74, 6) is 1.61. The zero-order valence-electron chi connectivity index (χ0n) is 14.1. The van der Waals surface area contributed by atoms with Crippen LogP contribution in [0.3, 0.4) is 0 Å². The summed E-state index contributed by atoms with van der Waals surface area (Å²) in [4.78, 5) is 12.0. The second kappa shape index (κ2) is 7.65. The van der Waals surface area contributed by atoms with E-state index in [1.165, 1.54) is 38.5 Å². The third kappa shape index (κ3) is 3.81. The molecular weight excluding hydrogens is 260 g/mol. The van der Waals surface area contributed by atoms with Crippen molar-refractivity contribution in [3.63, 3.8) is 0 Å². The molecule has 0 amide bonds. The number of carboxylic acids is 1. The molecule has 0 aromatic heterocycles. The molecule has 21 heavy (non-hydrogen) atoms. The lowest BCUT2D eigenvalue weighted by atomic mass is 9.59. The van der Waals surface area contributed by atoms with Crippen LogP contribution in [0.1, 0.15) is 90.9 Å². The van der Waals surface area contributed by atoms with E-state index in [0.29, 0.717) is 5.92 Å². The highest BCUT2D eigenvalue weighted by molar-refractivity contribution is 5.75. The Morgan fingerprint density at radius 2 is 1.62 bits per heavy atom. The van der Waals surface area contributed by atoms with E-state index < -0.39 is 5.97 Å². The molecule has 0 unspecified atom stereocenters. The van der Waals surface area contributed by atoms with Crippen molar-refractivity contribution >= 4 is 5.97 Å². The Kier molecular flexibility index (Phi) is 6.13. The number of hydrogen-bond acceptors (Lipinski definition) is 1. The monoisotopic (exact) mass is 294 g/mol. The average Bonchev–Trinajstić information content (AvgIpc) is 2.53. The van der Waals surface area contributed by atoms with Gasteiger partial charge in [-0.05, 0) is 56.3 Å². The molecule has 2 aliphatic rings. The topological polar surface area (TPSA) is 37.3 Å². The predicted octanol–water partition coefficient (Wildman–Crippen LogP) is 5.65. The molecule has 122 valence electrons. The Morgan fingerprint density at radius 3 is 2.10 bits per heavy atom. The van der Waals surface area contributed by atoms with Gasteiger partial charge in [0.15, 0.2) is 0 Å². The summed E-state index contributed by atoms with van der Waals surface area (Å²) in [6.45, 7) is 4.52. The van der Waals surface area contributed by atoms with E-state index in [1.807, 2.05) is 0 Å². The summed E-state index contributed by atoms with van der Waals surface area (Å²) in [6, 6.07) is 0. The number of unbranched alkanes of at least 4 members (excludes halogenated alkanes) is 1. The van der Waals surface area contributed by atoms with Crippen LogP contribution in [0, 0.1) is 23.2 Å². The molecule has 0 aliphatic heterocycles. The number of carboxylic acid groups (broad SMARTS) is 1. The minimum absolute atomic E-state index is 0.374. The van der Waals surface area contributed by atoms with Crippen molar-refractivity contribution in [2.24, 2.45) is 23.2 Å². The van der Waals surface area contributed by atoms with Crippen LogP contribution in [0.5, 0.6) is 0 Å². The first-order valence-electron chi connectivity index (χ1n) is 9.35. The molecule has 0 bridgehead atoms. The SMILES string of the molecule is CCCCC1CCC(C(=O)O)(C2CCC(CC)CC2)CC1. The van der Waals surface area contributed by atoms with Crippen LogP contribution in [0.2, 0.25) is 0 Å². The lowest BCUT2D eigenvalue weighted by Gasteiger charge is -2.45. The maximum absolute atomic E-state index is 12.0. The third-order valence-electron chi connectivity index (χ3n) is 6.59. The molecule has 2 fully saturated rings. The van der Waals surface area contributed by atoms with Crippen molar-refractivity contribution in [3.05, 3.63) is 0 Å². The summed E-state index contributed by atoms with van der Waals surface area (Å²) in [7, 11) is 0. The van der Waals surface area contributed by atoms with Crippen LogP contribution < -0.4 is 0 Å². The van der Waals surface area contributed by atoms with Gasteiger partial charge in [0.1, 0.15) is 0 Å². The van der Waals surface area contributed by atoms with Crippen LogP contribution in [-0.2, 0) is 4.79 Å². The number of hydrogen-bond donors (Lipinski definition) is 1. The first-order chi connectivity index (χ1) is 10.1. The first-order valence-corrected chi connectivity index (χ1v) is 9.35. The van der Waals surface area contributed by atoms with Crippen molar-refractivity contribution in [1.29, 1.82) is 0 Å².